The lowest BCUT2D eigenvalue weighted by Gasteiger charge is -2.19. The minimum Gasteiger partial charge on any atom is -0.292 e. The Labute approximate surface area is 118 Å². The second-order valence-electron chi connectivity index (χ2n) is 4.41. The number of hydrogen-bond donors (Lipinski definition) is 1. The molecule has 2 aromatic carbocycles. The fourth-order valence-corrected chi connectivity index (χ4v) is 2.08. The molecule has 2 aromatic rings. The molecule has 0 saturated carbocycles. The molecule has 1 N–H and O–H groups in total. The summed E-state index contributed by atoms with van der Waals surface area (Å²) in [6.45, 7) is 2.05. The lowest BCUT2D eigenvalue weighted by atomic mass is 10.0. The van der Waals surface area contributed by atoms with Crippen molar-refractivity contribution >= 4 is 11.6 Å². The highest BCUT2D eigenvalue weighted by atomic mass is 35.5. The first-order valence-corrected chi connectivity index (χ1v) is 6.54. The average molecular weight is 271 g/mol. The van der Waals surface area contributed by atoms with Crippen LogP contribution in [-0.2, 0) is 0 Å². The molecule has 2 rings (SSSR count). The maximum absolute atomic E-state index is 9.30. The molecule has 19 heavy (non-hydrogen) atoms. The first-order valence-electron chi connectivity index (χ1n) is 6.17. The van der Waals surface area contributed by atoms with Gasteiger partial charge in [0.05, 0.1) is 6.07 Å². The Balaban J connectivity index is 2.12. The molecule has 3 heteroatoms. The highest BCUT2D eigenvalue weighted by molar-refractivity contribution is 6.30. The van der Waals surface area contributed by atoms with Crippen molar-refractivity contribution in [1.29, 1.82) is 5.26 Å². The Bertz CT molecular complexity index is 558. The molecule has 0 bridgehead atoms. The molecule has 0 aliphatic heterocycles. The summed E-state index contributed by atoms with van der Waals surface area (Å²) >= 11 is 5.86. The second kappa shape index (κ2) is 6.38. The third kappa shape index (κ3) is 3.57. The van der Waals surface area contributed by atoms with Crippen LogP contribution in [-0.4, -0.2) is 0 Å². The zero-order chi connectivity index (χ0) is 13.7. The number of nitrogens with one attached hydrogen (secondary N) is 1. The molecule has 96 valence electrons. The van der Waals surface area contributed by atoms with Gasteiger partial charge in [0.1, 0.15) is 6.04 Å². The first-order chi connectivity index (χ1) is 9.20. The van der Waals surface area contributed by atoms with Gasteiger partial charge >= 0.3 is 0 Å². The van der Waals surface area contributed by atoms with Crippen LogP contribution in [0.25, 0.3) is 0 Å². The normalized spacial score (nSPS) is 13.5. The predicted molar refractivity (Wildman–Crippen MR) is 77.8 cm³/mol. The summed E-state index contributed by atoms with van der Waals surface area (Å²) in [7, 11) is 0. The van der Waals surface area contributed by atoms with E-state index in [9.17, 15) is 5.26 Å². The van der Waals surface area contributed by atoms with Crippen LogP contribution >= 0.6 is 11.6 Å². The molecule has 2 nitrogen and oxygen atoms in total. The Morgan fingerprint density at radius 2 is 1.63 bits per heavy atom. The molecular formula is C16H15ClN2. The van der Waals surface area contributed by atoms with Crippen LogP contribution in [0.15, 0.2) is 54.6 Å². The van der Waals surface area contributed by atoms with Crippen molar-refractivity contribution < 1.29 is 0 Å². The fraction of sp³-hybridized carbons (Fsp3) is 0.188. The van der Waals surface area contributed by atoms with Crippen LogP contribution in [0.3, 0.4) is 0 Å². The van der Waals surface area contributed by atoms with Crippen LogP contribution in [0, 0.1) is 11.3 Å². The highest BCUT2D eigenvalue weighted by Gasteiger charge is 2.14. The number of nitrogens with zero attached hydrogens (tertiary/aromatic N) is 1. The van der Waals surface area contributed by atoms with E-state index in [4.69, 9.17) is 11.6 Å². The third-order valence-electron chi connectivity index (χ3n) is 3.05. The van der Waals surface area contributed by atoms with Gasteiger partial charge in [0.15, 0.2) is 0 Å². The van der Waals surface area contributed by atoms with Crippen LogP contribution in [0.2, 0.25) is 5.02 Å². The SMILES string of the molecule is C[C@@H](N[C@@H](C#N)c1ccc(Cl)cc1)c1ccccc1. The van der Waals surface area contributed by atoms with E-state index in [1.165, 1.54) is 0 Å². The average Bonchev–Trinajstić information content (AvgIpc) is 2.46. The van der Waals surface area contributed by atoms with E-state index in [0.717, 1.165) is 11.1 Å². The molecule has 0 spiro atoms. The van der Waals surface area contributed by atoms with E-state index < -0.39 is 0 Å². The Hall–Kier alpha value is -1.82. The zero-order valence-corrected chi connectivity index (χ0v) is 11.4. The largest absolute Gasteiger partial charge is 0.292 e. The summed E-state index contributed by atoms with van der Waals surface area (Å²) in [5, 5.41) is 13.3. The Morgan fingerprint density at radius 3 is 2.21 bits per heavy atom. The van der Waals surface area contributed by atoms with Crippen LogP contribution < -0.4 is 5.32 Å². The van der Waals surface area contributed by atoms with E-state index >= 15 is 0 Å². The number of benzene rings is 2. The molecule has 0 aromatic heterocycles. The summed E-state index contributed by atoms with van der Waals surface area (Å²) < 4.78 is 0. The smallest absolute Gasteiger partial charge is 0.121 e. The van der Waals surface area contributed by atoms with Crippen molar-refractivity contribution in [2.24, 2.45) is 0 Å². The van der Waals surface area contributed by atoms with Crippen LogP contribution in [0.5, 0.6) is 0 Å². The quantitative estimate of drug-likeness (QED) is 0.901. The van der Waals surface area contributed by atoms with Crippen molar-refractivity contribution in [2.45, 2.75) is 19.0 Å². The van der Waals surface area contributed by atoms with Crippen molar-refractivity contribution in [3.05, 3.63) is 70.7 Å². The number of halogens is 1. The molecule has 0 aliphatic carbocycles. The monoisotopic (exact) mass is 270 g/mol. The summed E-state index contributed by atoms with van der Waals surface area (Å²) in [5.41, 5.74) is 2.09. The summed E-state index contributed by atoms with van der Waals surface area (Å²) in [5.74, 6) is 0. The highest BCUT2D eigenvalue weighted by Crippen LogP contribution is 2.20. The number of rotatable bonds is 4. The van der Waals surface area contributed by atoms with E-state index in [-0.39, 0.29) is 12.1 Å². The van der Waals surface area contributed by atoms with E-state index in [2.05, 4.69) is 18.3 Å². The van der Waals surface area contributed by atoms with Gasteiger partial charge in [0.25, 0.3) is 0 Å². The topological polar surface area (TPSA) is 35.8 Å². The Morgan fingerprint density at radius 1 is 1.00 bits per heavy atom. The first kappa shape index (κ1) is 13.6. The molecule has 2 atom stereocenters. The van der Waals surface area contributed by atoms with E-state index in [1.54, 1.807) is 12.1 Å². The molecule has 0 fully saturated rings. The summed E-state index contributed by atoms with van der Waals surface area (Å²) in [4.78, 5) is 0. The van der Waals surface area contributed by atoms with Gasteiger partial charge in [-0.15, -0.1) is 0 Å². The van der Waals surface area contributed by atoms with Gasteiger partial charge in [-0.25, -0.2) is 0 Å². The van der Waals surface area contributed by atoms with Crippen molar-refractivity contribution in [3.63, 3.8) is 0 Å². The minimum atomic E-state index is -0.340. The van der Waals surface area contributed by atoms with E-state index in [1.807, 2.05) is 42.5 Å². The van der Waals surface area contributed by atoms with Gasteiger partial charge in [0.2, 0.25) is 0 Å². The van der Waals surface area contributed by atoms with Gasteiger partial charge in [-0.2, -0.15) is 5.26 Å². The second-order valence-corrected chi connectivity index (χ2v) is 4.85. The van der Waals surface area contributed by atoms with Crippen LogP contribution in [0.4, 0.5) is 0 Å². The fourth-order valence-electron chi connectivity index (χ4n) is 1.95. The molecule has 0 unspecified atom stereocenters. The minimum absolute atomic E-state index is 0.113. The predicted octanol–water partition coefficient (Wildman–Crippen LogP) is 4.26. The zero-order valence-electron chi connectivity index (χ0n) is 10.7. The van der Waals surface area contributed by atoms with Crippen molar-refractivity contribution in [3.8, 4) is 6.07 Å². The Kier molecular flexibility index (Phi) is 4.57. The molecule has 0 amide bonds. The standard InChI is InChI=1S/C16H15ClN2/c1-12(13-5-3-2-4-6-13)19-16(11-18)14-7-9-15(17)10-8-14/h2-10,12,16,19H,1H3/t12-,16+/m1/s1. The lowest BCUT2D eigenvalue weighted by Crippen LogP contribution is -2.23. The van der Waals surface area contributed by atoms with Crippen molar-refractivity contribution in [2.75, 3.05) is 0 Å². The van der Waals surface area contributed by atoms with E-state index in [0.29, 0.717) is 5.02 Å². The van der Waals surface area contributed by atoms with Crippen LogP contribution in [0.1, 0.15) is 30.1 Å². The van der Waals surface area contributed by atoms with Gasteiger partial charge in [-0.3, -0.25) is 5.32 Å². The molecule has 0 saturated heterocycles. The van der Waals surface area contributed by atoms with Gasteiger partial charge in [-0.1, -0.05) is 54.1 Å². The van der Waals surface area contributed by atoms with Gasteiger partial charge < -0.3 is 0 Å². The maximum atomic E-state index is 9.30. The molecule has 0 heterocycles. The number of nitriles is 1. The van der Waals surface area contributed by atoms with Crippen molar-refractivity contribution in [1.82, 2.24) is 5.32 Å². The summed E-state index contributed by atoms with van der Waals surface area (Å²) in [6.07, 6.45) is 0. The molecule has 0 aliphatic rings. The maximum Gasteiger partial charge on any atom is 0.121 e. The van der Waals surface area contributed by atoms with Gasteiger partial charge in [-0.05, 0) is 30.2 Å². The third-order valence-corrected chi connectivity index (χ3v) is 3.30. The number of hydrogen-bond acceptors (Lipinski definition) is 2. The molecule has 0 radical (unpaired) electrons. The molecular weight excluding hydrogens is 256 g/mol. The van der Waals surface area contributed by atoms with Gasteiger partial charge in [0, 0.05) is 11.1 Å². The summed E-state index contributed by atoms with van der Waals surface area (Å²) in [6, 6.07) is 19.5. The lowest BCUT2D eigenvalue weighted by molar-refractivity contribution is 0.533.